The van der Waals surface area contributed by atoms with E-state index in [2.05, 4.69) is 13.8 Å². The average Bonchev–Trinajstić information content (AvgIpc) is 2.44. The van der Waals surface area contributed by atoms with Gasteiger partial charge in [0.2, 0.25) is 0 Å². The molecule has 0 aliphatic rings. The molecule has 22 heavy (non-hydrogen) atoms. The topological polar surface area (TPSA) is 52.6 Å². The van der Waals surface area contributed by atoms with Gasteiger partial charge in [0.15, 0.2) is 0 Å². The third-order valence-corrected chi connectivity index (χ3v) is 3.45. The number of esters is 2. The van der Waals surface area contributed by atoms with Crippen molar-refractivity contribution in [2.75, 3.05) is 13.2 Å². The molecule has 0 aromatic carbocycles. The van der Waals surface area contributed by atoms with Gasteiger partial charge in [-0.1, -0.05) is 53.9 Å². The van der Waals surface area contributed by atoms with Crippen molar-refractivity contribution in [3.8, 4) is 0 Å². The van der Waals surface area contributed by atoms with Crippen LogP contribution >= 0.6 is 0 Å². The summed E-state index contributed by atoms with van der Waals surface area (Å²) in [4.78, 5) is 23.2. The SMILES string of the molecule is CCCCC(CC)COC(=O)CCCC(=O)OCC(C)(C)C. The van der Waals surface area contributed by atoms with Gasteiger partial charge in [-0.05, 0) is 24.2 Å². The van der Waals surface area contributed by atoms with Gasteiger partial charge >= 0.3 is 11.9 Å². The van der Waals surface area contributed by atoms with Gasteiger partial charge in [-0.2, -0.15) is 0 Å². The normalized spacial score (nSPS) is 12.8. The first kappa shape index (κ1) is 20.9. The molecule has 4 heteroatoms. The van der Waals surface area contributed by atoms with Gasteiger partial charge < -0.3 is 9.47 Å². The van der Waals surface area contributed by atoms with E-state index in [1.54, 1.807) is 0 Å². The van der Waals surface area contributed by atoms with Crippen molar-refractivity contribution in [2.24, 2.45) is 11.3 Å². The fourth-order valence-electron chi connectivity index (χ4n) is 1.93. The zero-order valence-corrected chi connectivity index (χ0v) is 15.1. The average molecular weight is 314 g/mol. The first-order valence-corrected chi connectivity index (χ1v) is 8.59. The van der Waals surface area contributed by atoms with E-state index in [1.165, 1.54) is 12.8 Å². The van der Waals surface area contributed by atoms with E-state index < -0.39 is 0 Å². The number of hydrogen-bond acceptors (Lipinski definition) is 4. The minimum atomic E-state index is -0.239. The quantitative estimate of drug-likeness (QED) is 0.527. The molecule has 0 rings (SSSR count). The lowest BCUT2D eigenvalue weighted by Gasteiger charge is -2.17. The molecule has 1 unspecified atom stereocenters. The summed E-state index contributed by atoms with van der Waals surface area (Å²) in [6.07, 6.45) is 5.54. The number of unbranched alkanes of at least 4 members (excludes halogenated alkanes) is 1. The molecule has 0 heterocycles. The zero-order chi connectivity index (χ0) is 17.0. The Morgan fingerprint density at radius 1 is 0.955 bits per heavy atom. The van der Waals surface area contributed by atoms with Gasteiger partial charge in [-0.15, -0.1) is 0 Å². The fourth-order valence-corrected chi connectivity index (χ4v) is 1.93. The number of hydrogen-bond donors (Lipinski definition) is 0. The maximum Gasteiger partial charge on any atom is 0.305 e. The number of rotatable bonds is 11. The maximum atomic E-state index is 11.7. The summed E-state index contributed by atoms with van der Waals surface area (Å²) in [6.45, 7) is 11.2. The molecule has 0 spiro atoms. The summed E-state index contributed by atoms with van der Waals surface area (Å²) in [6, 6.07) is 0. The van der Waals surface area contributed by atoms with Crippen LogP contribution in [0, 0.1) is 11.3 Å². The van der Waals surface area contributed by atoms with Crippen LogP contribution in [0.1, 0.15) is 79.6 Å². The van der Waals surface area contributed by atoms with Crippen LogP contribution in [0.5, 0.6) is 0 Å². The van der Waals surface area contributed by atoms with E-state index in [9.17, 15) is 9.59 Å². The molecular weight excluding hydrogens is 280 g/mol. The summed E-state index contributed by atoms with van der Waals surface area (Å²) in [7, 11) is 0. The Labute approximate surface area is 135 Å². The standard InChI is InChI=1S/C18H34O4/c1-6-8-10-15(7-2)13-21-16(19)11-9-12-17(20)22-14-18(3,4)5/h15H,6-14H2,1-5H3. The summed E-state index contributed by atoms with van der Waals surface area (Å²) >= 11 is 0. The third-order valence-electron chi connectivity index (χ3n) is 3.45. The van der Waals surface area contributed by atoms with E-state index in [4.69, 9.17) is 9.47 Å². The minimum Gasteiger partial charge on any atom is -0.465 e. The molecule has 0 saturated heterocycles. The van der Waals surface area contributed by atoms with Gasteiger partial charge in [-0.25, -0.2) is 0 Å². The fraction of sp³-hybridized carbons (Fsp3) is 0.889. The molecule has 0 fully saturated rings. The molecule has 0 radical (unpaired) electrons. The molecule has 0 aromatic rings. The van der Waals surface area contributed by atoms with Crippen LogP contribution in [0.2, 0.25) is 0 Å². The summed E-state index contributed by atoms with van der Waals surface area (Å²) < 4.78 is 10.5. The molecule has 0 aliphatic carbocycles. The van der Waals surface area contributed by atoms with Crippen molar-refractivity contribution in [2.45, 2.75) is 79.6 Å². The van der Waals surface area contributed by atoms with Crippen molar-refractivity contribution >= 4 is 11.9 Å². The van der Waals surface area contributed by atoms with E-state index in [1.807, 2.05) is 20.8 Å². The van der Waals surface area contributed by atoms with Crippen molar-refractivity contribution in [1.29, 1.82) is 0 Å². The van der Waals surface area contributed by atoms with Gasteiger partial charge in [0.05, 0.1) is 13.2 Å². The van der Waals surface area contributed by atoms with E-state index in [0.29, 0.717) is 25.6 Å². The monoisotopic (exact) mass is 314 g/mol. The Hall–Kier alpha value is -1.06. The van der Waals surface area contributed by atoms with E-state index >= 15 is 0 Å². The van der Waals surface area contributed by atoms with Crippen LogP contribution < -0.4 is 0 Å². The summed E-state index contributed by atoms with van der Waals surface area (Å²) in [5.74, 6) is 0.0105. The number of carbonyl (C=O) groups is 2. The molecule has 0 N–H and O–H groups in total. The second-order valence-corrected chi connectivity index (χ2v) is 7.17. The summed E-state index contributed by atoms with van der Waals surface area (Å²) in [5, 5.41) is 0. The van der Waals surface area contributed by atoms with E-state index in [-0.39, 0.29) is 30.2 Å². The van der Waals surface area contributed by atoms with Gasteiger partial charge in [0.25, 0.3) is 0 Å². The first-order valence-electron chi connectivity index (χ1n) is 8.59. The molecule has 1 atom stereocenters. The van der Waals surface area contributed by atoms with Crippen LogP contribution in [0.4, 0.5) is 0 Å². The van der Waals surface area contributed by atoms with Crippen molar-refractivity contribution in [1.82, 2.24) is 0 Å². The molecule has 4 nitrogen and oxygen atoms in total. The zero-order valence-electron chi connectivity index (χ0n) is 15.1. The second kappa shape index (κ2) is 11.5. The molecule has 130 valence electrons. The van der Waals surface area contributed by atoms with Crippen molar-refractivity contribution in [3.05, 3.63) is 0 Å². The molecular formula is C18H34O4. The van der Waals surface area contributed by atoms with Crippen molar-refractivity contribution < 1.29 is 19.1 Å². The second-order valence-electron chi connectivity index (χ2n) is 7.17. The van der Waals surface area contributed by atoms with Crippen LogP contribution in [0.3, 0.4) is 0 Å². The highest BCUT2D eigenvalue weighted by atomic mass is 16.5. The highest BCUT2D eigenvalue weighted by Gasteiger charge is 2.14. The summed E-state index contributed by atoms with van der Waals surface area (Å²) in [5.41, 5.74) is -0.0256. The largest absolute Gasteiger partial charge is 0.465 e. The Morgan fingerprint density at radius 2 is 1.55 bits per heavy atom. The third kappa shape index (κ3) is 12.7. The predicted octanol–water partition coefficient (Wildman–Crippen LogP) is 4.51. The molecule has 0 aliphatic heterocycles. The van der Waals surface area contributed by atoms with Crippen LogP contribution in [0.15, 0.2) is 0 Å². The highest BCUT2D eigenvalue weighted by molar-refractivity contribution is 5.72. The van der Waals surface area contributed by atoms with E-state index in [0.717, 1.165) is 12.8 Å². The Bertz CT molecular complexity index is 318. The number of carbonyl (C=O) groups excluding carboxylic acids is 2. The van der Waals surface area contributed by atoms with Crippen molar-refractivity contribution in [3.63, 3.8) is 0 Å². The predicted molar refractivity (Wildman–Crippen MR) is 88.5 cm³/mol. The lowest BCUT2D eigenvalue weighted by molar-refractivity contribution is -0.147. The molecule has 0 bridgehead atoms. The maximum absolute atomic E-state index is 11.7. The van der Waals surface area contributed by atoms with Gasteiger partial charge in [0, 0.05) is 12.8 Å². The Kier molecular flexibility index (Phi) is 10.9. The minimum absolute atomic E-state index is 0.0256. The Morgan fingerprint density at radius 3 is 2.05 bits per heavy atom. The first-order chi connectivity index (χ1) is 10.3. The molecule has 0 aromatic heterocycles. The van der Waals surface area contributed by atoms with Gasteiger partial charge in [-0.3, -0.25) is 9.59 Å². The lowest BCUT2D eigenvalue weighted by atomic mass is 9.99. The molecule has 0 saturated carbocycles. The lowest BCUT2D eigenvalue weighted by Crippen LogP contribution is -2.18. The van der Waals surface area contributed by atoms with Crippen LogP contribution in [-0.2, 0) is 19.1 Å². The van der Waals surface area contributed by atoms with Gasteiger partial charge in [0.1, 0.15) is 0 Å². The molecule has 0 amide bonds. The van der Waals surface area contributed by atoms with Crippen LogP contribution in [0.25, 0.3) is 0 Å². The highest BCUT2D eigenvalue weighted by Crippen LogP contribution is 2.15. The smallest absolute Gasteiger partial charge is 0.305 e. The Balaban J connectivity index is 3.74. The number of ether oxygens (including phenoxy) is 2. The van der Waals surface area contributed by atoms with Crippen LogP contribution in [-0.4, -0.2) is 25.2 Å².